The van der Waals surface area contributed by atoms with Gasteiger partial charge in [0.05, 0.1) is 6.33 Å². The number of aromatic nitrogens is 4. The quantitative estimate of drug-likeness (QED) is 0.801. The molecule has 0 amide bonds. The molecule has 3 N–H and O–H groups in total. The molecule has 2 unspecified atom stereocenters. The van der Waals surface area contributed by atoms with Crippen LogP contribution in [0.2, 0.25) is 0 Å². The van der Waals surface area contributed by atoms with Crippen molar-refractivity contribution in [1.29, 1.82) is 0 Å². The van der Waals surface area contributed by atoms with Crippen LogP contribution in [0.4, 0.5) is 5.82 Å². The predicted molar refractivity (Wildman–Crippen MR) is 81.6 cm³/mol. The number of nitrogens with zero attached hydrogens (tertiary/aromatic N) is 4. The fraction of sp³-hybridized carbons (Fsp3) is 0.667. The highest BCUT2D eigenvalue weighted by Gasteiger charge is 2.73. The third-order valence-corrected chi connectivity index (χ3v) is 5.21. The van der Waals surface area contributed by atoms with Crippen molar-refractivity contribution in [1.82, 2.24) is 19.5 Å². The minimum Gasteiger partial charge on any atom is -0.396 e. The van der Waals surface area contributed by atoms with Gasteiger partial charge in [-0.1, -0.05) is 0 Å². The van der Waals surface area contributed by atoms with Crippen LogP contribution in [-0.4, -0.2) is 54.8 Å². The Hall–Kier alpha value is -1.81. The number of ether oxygens (including phenoxy) is 3. The maximum absolute atomic E-state index is 9.57. The molecule has 2 aromatic heterocycles. The van der Waals surface area contributed by atoms with Gasteiger partial charge in [0.1, 0.15) is 29.7 Å². The van der Waals surface area contributed by atoms with E-state index in [0.29, 0.717) is 17.0 Å². The van der Waals surface area contributed by atoms with E-state index in [1.165, 1.54) is 6.33 Å². The predicted octanol–water partition coefficient (Wildman–Crippen LogP) is 0.208. The Balaban J connectivity index is 1.59. The lowest BCUT2D eigenvalue weighted by Crippen LogP contribution is -2.33. The van der Waals surface area contributed by atoms with Gasteiger partial charge in [-0.3, -0.25) is 4.57 Å². The largest absolute Gasteiger partial charge is 0.396 e. The summed E-state index contributed by atoms with van der Waals surface area (Å²) in [5.74, 6) is -0.314. The number of fused-ring (bicyclic) bond motifs is 3. The van der Waals surface area contributed by atoms with E-state index in [1.807, 2.05) is 18.4 Å². The molecule has 0 bridgehead atoms. The fourth-order valence-corrected chi connectivity index (χ4v) is 4.04. The molecule has 128 valence electrons. The van der Waals surface area contributed by atoms with E-state index in [2.05, 4.69) is 15.0 Å². The number of nitrogens with two attached hydrogens (primary N) is 1. The van der Waals surface area contributed by atoms with Crippen LogP contribution in [-0.2, 0) is 14.2 Å². The number of hydrogen-bond donors (Lipinski definition) is 2. The van der Waals surface area contributed by atoms with E-state index in [4.69, 9.17) is 19.9 Å². The number of nitrogen functional groups attached to an aromatic ring is 1. The Morgan fingerprint density at radius 1 is 1.29 bits per heavy atom. The zero-order valence-corrected chi connectivity index (χ0v) is 13.4. The van der Waals surface area contributed by atoms with E-state index in [1.54, 1.807) is 6.33 Å². The van der Waals surface area contributed by atoms with Gasteiger partial charge in [-0.25, -0.2) is 15.0 Å². The van der Waals surface area contributed by atoms with Crippen LogP contribution in [0.25, 0.3) is 11.2 Å². The van der Waals surface area contributed by atoms with Gasteiger partial charge in [0.15, 0.2) is 23.5 Å². The molecule has 3 fully saturated rings. The van der Waals surface area contributed by atoms with Crippen molar-refractivity contribution in [3.8, 4) is 0 Å². The molecule has 4 heterocycles. The Labute approximate surface area is 137 Å². The molecule has 5 atom stereocenters. The van der Waals surface area contributed by atoms with Gasteiger partial charge in [0.25, 0.3) is 0 Å². The standard InChI is InChI=1S/C15H19N5O4/c1-14(2)22-9-10(23-14)15(3-7(15)4-21)24-13(9)20-6-19-8-11(16)17-5-18-12(8)20/h5-7,9-10,13,21H,3-4H2,1-2H3,(H2,16,17,18)/t7-,9?,10+,13?,15+/m0/s1. The van der Waals surface area contributed by atoms with Crippen molar-refractivity contribution >= 4 is 17.0 Å². The fourth-order valence-electron chi connectivity index (χ4n) is 4.04. The second-order valence-corrected chi connectivity index (χ2v) is 7.15. The third-order valence-electron chi connectivity index (χ3n) is 5.21. The summed E-state index contributed by atoms with van der Waals surface area (Å²) >= 11 is 0. The summed E-state index contributed by atoms with van der Waals surface area (Å²) in [6, 6.07) is 0. The number of hydrogen-bond acceptors (Lipinski definition) is 8. The number of aliphatic hydroxyl groups is 1. The number of imidazole rings is 1. The van der Waals surface area contributed by atoms with Crippen LogP contribution in [0.15, 0.2) is 12.7 Å². The Morgan fingerprint density at radius 2 is 2.12 bits per heavy atom. The SMILES string of the molecule is CC1(C)OC2C(n3cnc4c(N)ncnc43)O[C@@]3(C[C@H]3CO)[C@@H]2O1. The molecule has 1 aliphatic carbocycles. The lowest BCUT2D eigenvalue weighted by atomic mass is 10.1. The van der Waals surface area contributed by atoms with Crippen molar-refractivity contribution in [2.45, 2.75) is 50.1 Å². The van der Waals surface area contributed by atoms with Gasteiger partial charge >= 0.3 is 0 Å². The van der Waals surface area contributed by atoms with Crippen molar-refractivity contribution < 1.29 is 19.3 Å². The molecular weight excluding hydrogens is 314 g/mol. The highest BCUT2D eigenvalue weighted by atomic mass is 16.8. The molecule has 9 heteroatoms. The van der Waals surface area contributed by atoms with E-state index >= 15 is 0 Å². The molecule has 1 spiro atoms. The summed E-state index contributed by atoms with van der Waals surface area (Å²) in [4.78, 5) is 12.6. The molecule has 1 saturated carbocycles. The lowest BCUT2D eigenvalue weighted by molar-refractivity contribution is -0.204. The zero-order valence-electron chi connectivity index (χ0n) is 13.4. The van der Waals surface area contributed by atoms with Crippen LogP contribution < -0.4 is 5.73 Å². The number of anilines is 1. The molecule has 2 saturated heterocycles. The monoisotopic (exact) mass is 333 g/mol. The van der Waals surface area contributed by atoms with Crippen molar-refractivity contribution in [2.24, 2.45) is 5.92 Å². The highest BCUT2D eigenvalue weighted by molar-refractivity contribution is 5.81. The third kappa shape index (κ3) is 1.75. The summed E-state index contributed by atoms with van der Waals surface area (Å²) in [5, 5.41) is 9.57. The lowest BCUT2D eigenvalue weighted by Gasteiger charge is -2.25. The minimum atomic E-state index is -0.697. The maximum atomic E-state index is 9.57. The van der Waals surface area contributed by atoms with Gasteiger partial charge in [0, 0.05) is 12.5 Å². The normalized spacial score (nSPS) is 39.6. The Kier molecular flexibility index (Phi) is 2.68. The summed E-state index contributed by atoms with van der Waals surface area (Å²) in [7, 11) is 0. The summed E-state index contributed by atoms with van der Waals surface area (Å²) in [5.41, 5.74) is 6.49. The van der Waals surface area contributed by atoms with Gasteiger partial charge in [0.2, 0.25) is 0 Å². The first-order chi connectivity index (χ1) is 11.5. The zero-order chi connectivity index (χ0) is 16.7. The van der Waals surface area contributed by atoms with Crippen molar-refractivity contribution in [3.63, 3.8) is 0 Å². The van der Waals surface area contributed by atoms with Crippen molar-refractivity contribution in [3.05, 3.63) is 12.7 Å². The Bertz CT molecular complexity index is 823. The topological polar surface area (TPSA) is 118 Å². The molecule has 5 rings (SSSR count). The molecule has 0 aromatic carbocycles. The number of aliphatic hydroxyl groups excluding tert-OH is 1. The second kappa shape index (κ2) is 4.42. The van der Waals surface area contributed by atoms with E-state index < -0.39 is 17.6 Å². The average molecular weight is 333 g/mol. The van der Waals surface area contributed by atoms with Crippen molar-refractivity contribution in [2.75, 3.05) is 12.3 Å². The molecule has 24 heavy (non-hydrogen) atoms. The molecular formula is C15H19N5O4. The smallest absolute Gasteiger partial charge is 0.167 e. The van der Waals surface area contributed by atoms with Gasteiger partial charge in [-0.2, -0.15) is 0 Å². The molecule has 2 aliphatic heterocycles. The number of rotatable bonds is 2. The molecule has 0 radical (unpaired) electrons. The molecule has 9 nitrogen and oxygen atoms in total. The summed E-state index contributed by atoms with van der Waals surface area (Å²) in [6.45, 7) is 3.84. The second-order valence-electron chi connectivity index (χ2n) is 7.15. The first kappa shape index (κ1) is 14.5. The summed E-state index contributed by atoms with van der Waals surface area (Å²) in [6.07, 6.45) is 2.83. The average Bonchev–Trinajstić information content (AvgIpc) is 2.78. The van der Waals surface area contributed by atoms with Gasteiger partial charge in [-0.05, 0) is 20.3 Å². The summed E-state index contributed by atoms with van der Waals surface area (Å²) < 4.78 is 20.3. The first-order valence-electron chi connectivity index (χ1n) is 8.02. The van der Waals surface area contributed by atoms with Crippen LogP contribution in [0.1, 0.15) is 26.5 Å². The van der Waals surface area contributed by atoms with Crippen LogP contribution in [0.3, 0.4) is 0 Å². The minimum absolute atomic E-state index is 0.0574. The van der Waals surface area contributed by atoms with Crippen LogP contribution >= 0.6 is 0 Å². The van der Waals surface area contributed by atoms with E-state index in [9.17, 15) is 5.11 Å². The van der Waals surface area contributed by atoms with Gasteiger partial charge < -0.3 is 25.1 Å². The van der Waals surface area contributed by atoms with Gasteiger partial charge in [-0.15, -0.1) is 0 Å². The Morgan fingerprint density at radius 3 is 2.88 bits per heavy atom. The molecule has 2 aromatic rings. The molecule has 3 aliphatic rings. The maximum Gasteiger partial charge on any atom is 0.167 e. The first-order valence-corrected chi connectivity index (χ1v) is 8.02. The van der Waals surface area contributed by atoms with E-state index in [-0.39, 0.29) is 24.7 Å². The highest BCUT2D eigenvalue weighted by Crippen LogP contribution is 2.62. The van der Waals surface area contributed by atoms with Crippen LogP contribution in [0, 0.1) is 5.92 Å². The van der Waals surface area contributed by atoms with E-state index in [0.717, 1.165) is 6.42 Å². The van der Waals surface area contributed by atoms with Crippen LogP contribution in [0.5, 0.6) is 0 Å².